The van der Waals surface area contributed by atoms with E-state index in [1.807, 2.05) is 0 Å². The first-order valence-corrected chi connectivity index (χ1v) is 6.93. The Hall–Kier alpha value is -1.59. The van der Waals surface area contributed by atoms with Crippen molar-refractivity contribution in [2.45, 2.75) is 39.4 Å². The van der Waals surface area contributed by atoms with Gasteiger partial charge in [0.25, 0.3) is 0 Å². The molecule has 0 bridgehead atoms. The lowest BCUT2D eigenvalue weighted by molar-refractivity contribution is -0.139. The third kappa shape index (κ3) is 4.44. The van der Waals surface area contributed by atoms with Crippen molar-refractivity contribution in [3.05, 3.63) is 30.5 Å². The maximum absolute atomic E-state index is 13.2. The molecule has 1 fully saturated rings. The fourth-order valence-corrected chi connectivity index (χ4v) is 2.18. The fraction of sp³-hybridized carbons (Fsp3) is 0.533. The van der Waals surface area contributed by atoms with E-state index in [1.165, 1.54) is 31.3 Å². The van der Waals surface area contributed by atoms with Gasteiger partial charge < -0.3 is 4.57 Å². The van der Waals surface area contributed by atoms with E-state index in [4.69, 9.17) is 0 Å². The zero-order valence-corrected chi connectivity index (χ0v) is 12.0. The van der Waals surface area contributed by atoms with Crippen LogP contribution < -0.4 is 0 Å². The molecule has 1 aliphatic carbocycles. The van der Waals surface area contributed by atoms with Crippen molar-refractivity contribution in [2.24, 2.45) is 11.8 Å². The Balaban J connectivity index is 0.000000225. The molecular weight excluding hydrogens is 284 g/mol. The Labute approximate surface area is 120 Å². The molecule has 2 aromatic rings. The third-order valence-electron chi connectivity index (χ3n) is 3.55. The second-order valence-corrected chi connectivity index (χ2v) is 5.69. The zero-order chi connectivity index (χ0) is 15.6. The van der Waals surface area contributed by atoms with E-state index in [9.17, 15) is 17.6 Å². The molecule has 2 nitrogen and oxygen atoms in total. The average Bonchev–Trinajstić information content (AvgIpc) is 3.17. The third-order valence-corrected chi connectivity index (χ3v) is 3.55. The second-order valence-electron chi connectivity index (χ2n) is 5.69. The summed E-state index contributed by atoms with van der Waals surface area (Å²) in [5, 5.41) is 0.0988. The summed E-state index contributed by atoms with van der Waals surface area (Å²) >= 11 is 0. The van der Waals surface area contributed by atoms with E-state index in [0.29, 0.717) is 0 Å². The van der Waals surface area contributed by atoms with Crippen LogP contribution in [-0.2, 0) is 6.54 Å². The lowest BCUT2D eigenvalue weighted by Crippen LogP contribution is -2.16. The summed E-state index contributed by atoms with van der Waals surface area (Å²) in [5.41, 5.74) is 0.194. The van der Waals surface area contributed by atoms with E-state index < -0.39 is 18.5 Å². The van der Waals surface area contributed by atoms with Gasteiger partial charge in [-0.05, 0) is 30.7 Å². The summed E-state index contributed by atoms with van der Waals surface area (Å²) in [6.07, 6.45) is 2.00. The maximum atomic E-state index is 13.2. The van der Waals surface area contributed by atoms with Gasteiger partial charge in [-0.25, -0.2) is 4.39 Å². The van der Waals surface area contributed by atoms with E-state index in [2.05, 4.69) is 18.8 Å². The molecule has 0 N–H and O–H groups in total. The molecule has 0 aliphatic heterocycles. The van der Waals surface area contributed by atoms with E-state index in [-0.39, 0.29) is 10.9 Å². The van der Waals surface area contributed by atoms with Crippen molar-refractivity contribution in [1.29, 1.82) is 0 Å². The van der Waals surface area contributed by atoms with Crippen molar-refractivity contribution in [2.75, 3.05) is 0 Å². The quantitative estimate of drug-likeness (QED) is 0.729. The zero-order valence-electron chi connectivity index (χ0n) is 12.0. The molecule has 0 spiro atoms. The molecule has 116 valence electrons. The van der Waals surface area contributed by atoms with Gasteiger partial charge in [0.15, 0.2) is 0 Å². The van der Waals surface area contributed by atoms with Gasteiger partial charge in [-0.3, -0.25) is 4.98 Å². The largest absolute Gasteiger partial charge is 0.406 e. The van der Waals surface area contributed by atoms with Crippen LogP contribution in [0, 0.1) is 17.7 Å². The first-order valence-electron chi connectivity index (χ1n) is 6.93. The van der Waals surface area contributed by atoms with Gasteiger partial charge in [0.2, 0.25) is 0 Å². The smallest absolute Gasteiger partial charge is 0.335 e. The Kier molecular flexibility index (Phi) is 4.54. The van der Waals surface area contributed by atoms with Crippen molar-refractivity contribution in [1.82, 2.24) is 9.55 Å². The van der Waals surface area contributed by atoms with Gasteiger partial charge in [-0.1, -0.05) is 13.8 Å². The first-order chi connectivity index (χ1) is 9.78. The highest BCUT2D eigenvalue weighted by Gasteiger charge is 2.29. The Morgan fingerprint density at radius 3 is 2.48 bits per heavy atom. The number of pyridine rings is 1. The Morgan fingerprint density at radius 2 is 2.00 bits per heavy atom. The van der Waals surface area contributed by atoms with E-state index in [0.717, 1.165) is 22.6 Å². The molecule has 0 unspecified atom stereocenters. The number of aromatic nitrogens is 2. The van der Waals surface area contributed by atoms with Gasteiger partial charge in [0.1, 0.15) is 12.4 Å². The molecule has 1 aliphatic rings. The second kappa shape index (κ2) is 6.03. The highest BCUT2D eigenvalue weighted by Crippen LogP contribution is 2.35. The lowest BCUT2D eigenvalue weighted by Gasteiger charge is -2.08. The number of hydrogen-bond acceptors (Lipinski definition) is 1. The standard InChI is InChI=1S/C9H6F4N2.C6H12/c10-7-4-15(5-9(11,12)13)8-1-2-14-3-6(7)8;1-5(2)6-3-4-6/h1-4H,5H2;5-6H,3-4H2,1-2H3. The predicted octanol–water partition coefficient (Wildman–Crippen LogP) is 4.79. The van der Waals surface area contributed by atoms with Gasteiger partial charge in [-0.2, -0.15) is 13.2 Å². The van der Waals surface area contributed by atoms with Crippen LogP contribution in [0.25, 0.3) is 10.9 Å². The molecule has 1 saturated carbocycles. The summed E-state index contributed by atoms with van der Waals surface area (Å²) in [4.78, 5) is 3.65. The summed E-state index contributed by atoms with van der Waals surface area (Å²) in [7, 11) is 0. The number of fused-ring (bicyclic) bond motifs is 1. The van der Waals surface area contributed by atoms with Gasteiger partial charge in [-0.15, -0.1) is 0 Å². The molecule has 21 heavy (non-hydrogen) atoms. The highest BCUT2D eigenvalue weighted by molar-refractivity contribution is 5.79. The van der Waals surface area contributed by atoms with Crippen LogP contribution in [0.4, 0.5) is 17.6 Å². The van der Waals surface area contributed by atoms with Crippen LogP contribution >= 0.6 is 0 Å². The van der Waals surface area contributed by atoms with Crippen LogP contribution in [0.1, 0.15) is 26.7 Å². The normalized spacial score (nSPS) is 15.2. The monoisotopic (exact) mass is 302 g/mol. The van der Waals surface area contributed by atoms with Crippen LogP contribution in [0.15, 0.2) is 24.7 Å². The number of halogens is 4. The summed E-state index contributed by atoms with van der Waals surface area (Å²) in [6.45, 7) is 3.41. The van der Waals surface area contributed by atoms with Gasteiger partial charge in [0.05, 0.1) is 10.9 Å². The molecule has 2 heterocycles. The molecule has 2 aromatic heterocycles. The van der Waals surface area contributed by atoms with Crippen molar-refractivity contribution >= 4 is 10.9 Å². The molecule has 6 heteroatoms. The van der Waals surface area contributed by atoms with Crippen molar-refractivity contribution in [3.63, 3.8) is 0 Å². The van der Waals surface area contributed by atoms with Gasteiger partial charge >= 0.3 is 6.18 Å². The van der Waals surface area contributed by atoms with E-state index >= 15 is 0 Å². The predicted molar refractivity (Wildman–Crippen MR) is 73.3 cm³/mol. The Bertz CT molecular complexity index is 597. The first kappa shape index (κ1) is 15.8. The van der Waals surface area contributed by atoms with Crippen molar-refractivity contribution < 1.29 is 17.6 Å². The van der Waals surface area contributed by atoms with Crippen molar-refractivity contribution in [3.8, 4) is 0 Å². The number of rotatable bonds is 2. The fourth-order valence-electron chi connectivity index (χ4n) is 2.18. The minimum atomic E-state index is -4.36. The van der Waals surface area contributed by atoms with Crippen LogP contribution in [0.5, 0.6) is 0 Å². The summed E-state index contributed by atoms with van der Waals surface area (Å²) in [6, 6.07) is 1.35. The Morgan fingerprint density at radius 1 is 1.33 bits per heavy atom. The number of hydrogen-bond donors (Lipinski definition) is 0. The molecule has 3 rings (SSSR count). The summed E-state index contributed by atoms with van der Waals surface area (Å²) < 4.78 is 50.3. The molecule has 0 radical (unpaired) electrons. The van der Waals surface area contributed by atoms with Crippen LogP contribution in [0.2, 0.25) is 0 Å². The van der Waals surface area contributed by atoms with Crippen LogP contribution in [-0.4, -0.2) is 15.7 Å². The number of nitrogens with zero attached hydrogens (tertiary/aromatic N) is 2. The number of alkyl halides is 3. The SMILES string of the molecule is CC(C)C1CC1.Fc1cn(CC(F)(F)F)c2ccncc12. The molecule has 0 amide bonds. The highest BCUT2D eigenvalue weighted by atomic mass is 19.4. The maximum Gasteiger partial charge on any atom is 0.406 e. The summed E-state index contributed by atoms with van der Waals surface area (Å²) in [5.74, 6) is 1.37. The lowest BCUT2D eigenvalue weighted by atomic mass is 10.1. The molecule has 0 saturated heterocycles. The minimum absolute atomic E-state index is 0.0988. The molecular formula is C15H18F4N2. The minimum Gasteiger partial charge on any atom is -0.335 e. The average molecular weight is 302 g/mol. The van der Waals surface area contributed by atoms with Gasteiger partial charge in [0, 0.05) is 18.6 Å². The van der Waals surface area contributed by atoms with E-state index in [1.54, 1.807) is 0 Å². The topological polar surface area (TPSA) is 17.8 Å². The van der Waals surface area contributed by atoms with Crippen LogP contribution in [0.3, 0.4) is 0 Å². The molecule has 0 aromatic carbocycles. The molecule has 0 atom stereocenters.